The van der Waals surface area contributed by atoms with E-state index in [0.717, 1.165) is 21.0 Å². The Kier molecular flexibility index (Phi) is 3.82. The van der Waals surface area contributed by atoms with Crippen molar-refractivity contribution in [1.82, 2.24) is 0 Å². The van der Waals surface area contributed by atoms with Crippen LogP contribution in [0, 0.1) is 0 Å². The van der Waals surface area contributed by atoms with E-state index < -0.39 is 0 Å². The zero-order chi connectivity index (χ0) is 22.3. The van der Waals surface area contributed by atoms with E-state index in [2.05, 4.69) is 109 Å². The van der Waals surface area contributed by atoms with Crippen molar-refractivity contribution in [2.45, 2.75) is 19.3 Å². The van der Waals surface area contributed by atoms with Gasteiger partial charge in [-0.05, 0) is 74.5 Å². The zero-order valence-corrected chi connectivity index (χ0v) is 20.0. The monoisotopic (exact) mass is 488 g/mol. The topological polar surface area (TPSA) is 13.1 Å². The normalized spacial score (nSPS) is 14.2. The summed E-state index contributed by atoms with van der Waals surface area (Å²) in [5.74, 6) is 0. The number of benzene rings is 5. The molecule has 0 fully saturated rings. The van der Waals surface area contributed by atoms with Gasteiger partial charge in [0, 0.05) is 20.7 Å². The summed E-state index contributed by atoms with van der Waals surface area (Å²) in [7, 11) is 0. The van der Waals surface area contributed by atoms with Crippen LogP contribution in [0.5, 0.6) is 0 Å². The fourth-order valence-corrected chi connectivity index (χ4v) is 6.18. The third-order valence-electron chi connectivity index (χ3n) is 7.31. The van der Waals surface area contributed by atoms with E-state index in [4.69, 9.17) is 4.42 Å². The number of furan rings is 1. The molecule has 0 amide bonds. The Labute approximate surface area is 200 Å². The Morgan fingerprint density at radius 1 is 0.667 bits per heavy atom. The van der Waals surface area contributed by atoms with E-state index in [1.165, 1.54) is 49.5 Å². The van der Waals surface area contributed by atoms with Crippen LogP contribution in [0.3, 0.4) is 0 Å². The molecule has 1 heterocycles. The SMILES string of the molecule is CC1(C)c2ccccc2-c2ccc3ccc(-c4cccc5oc6ccc(Br)cc6c45)cc3c21. The molecule has 0 unspecified atom stereocenters. The highest BCUT2D eigenvalue weighted by Crippen LogP contribution is 2.51. The molecular formula is C31H21BrO. The van der Waals surface area contributed by atoms with Gasteiger partial charge in [-0.15, -0.1) is 0 Å². The van der Waals surface area contributed by atoms with Gasteiger partial charge in [-0.25, -0.2) is 0 Å². The quantitative estimate of drug-likeness (QED) is 0.224. The second-order valence-electron chi connectivity index (χ2n) is 9.52. The highest BCUT2D eigenvalue weighted by molar-refractivity contribution is 9.10. The molecule has 0 saturated carbocycles. The van der Waals surface area contributed by atoms with E-state index >= 15 is 0 Å². The molecule has 1 nitrogen and oxygen atoms in total. The van der Waals surface area contributed by atoms with Gasteiger partial charge in [-0.3, -0.25) is 0 Å². The fourth-order valence-electron chi connectivity index (χ4n) is 5.82. The molecule has 33 heavy (non-hydrogen) atoms. The minimum atomic E-state index is -0.0384. The molecule has 158 valence electrons. The van der Waals surface area contributed by atoms with Crippen molar-refractivity contribution < 1.29 is 4.42 Å². The van der Waals surface area contributed by atoms with Crippen molar-refractivity contribution in [3.05, 3.63) is 107 Å². The predicted molar refractivity (Wildman–Crippen MR) is 142 cm³/mol. The van der Waals surface area contributed by atoms with Crippen LogP contribution in [-0.4, -0.2) is 0 Å². The molecular weight excluding hydrogens is 468 g/mol. The Hall–Kier alpha value is -3.36. The Bertz CT molecular complexity index is 1750. The van der Waals surface area contributed by atoms with E-state index in [-0.39, 0.29) is 5.41 Å². The summed E-state index contributed by atoms with van der Waals surface area (Å²) in [5, 5.41) is 4.92. The van der Waals surface area contributed by atoms with Crippen LogP contribution >= 0.6 is 15.9 Å². The van der Waals surface area contributed by atoms with Crippen molar-refractivity contribution in [2.75, 3.05) is 0 Å². The maximum atomic E-state index is 6.19. The van der Waals surface area contributed by atoms with Gasteiger partial charge < -0.3 is 4.42 Å². The summed E-state index contributed by atoms with van der Waals surface area (Å²) >= 11 is 3.64. The third-order valence-corrected chi connectivity index (χ3v) is 7.80. The number of rotatable bonds is 1. The van der Waals surface area contributed by atoms with Gasteiger partial charge in [0.25, 0.3) is 0 Å². The van der Waals surface area contributed by atoms with Crippen LogP contribution < -0.4 is 0 Å². The van der Waals surface area contributed by atoms with Crippen molar-refractivity contribution >= 4 is 48.6 Å². The molecule has 2 heteroatoms. The lowest BCUT2D eigenvalue weighted by atomic mass is 9.80. The second kappa shape index (κ2) is 6.59. The van der Waals surface area contributed by atoms with Crippen LogP contribution in [0.25, 0.3) is 55.0 Å². The molecule has 1 aromatic heterocycles. The lowest BCUT2D eigenvalue weighted by Crippen LogP contribution is -2.15. The zero-order valence-electron chi connectivity index (χ0n) is 18.4. The lowest BCUT2D eigenvalue weighted by molar-refractivity contribution is 0.666. The molecule has 0 atom stereocenters. The third kappa shape index (κ3) is 2.59. The highest BCUT2D eigenvalue weighted by atomic mass is 79.9. The van der Waals surface area contributed by atoms with E-state index in [0.29, 0.717) is 0 Å². The van der Waals surface area contributed by atoms with Gasteiger partial charge in [0.15, 0.2) is 0 Å². The number of hydrogen-bond donors (Lipinski definition) is 0. The van der Waals surface area contributed by atoms with Crippen molar-refractivity contribution in [3.63, 3.8) is 0 Å². The van der Waals surface area contributed by atoms with Crippen LogP contribution in [0.4, 0.5) is 0 Å². The summed E-state index contributed by atoms with van der Waals surface area (Å²) in [5.41, 5.74) is 9.77. The smallest absolute Gasteiger partial charge is 0.136 e. The summed E-state index contributed by atoms with van der Waals surface area (Å²) < 4.78 is 7.24. The van der Waals surface area contributed by atoms with E-state index in [1.54, 1.807) is 0 Å². The Morgan fingerprint density at radius 2 is 1.48 bits per heavy atom. The fraction of sp³-hybridized carbons (Fsp3) is 0.0968. The minimum absolute atomic E-state index is 0.0384. The molecule has 7 rings (SSSR count). The number of halogens is 1. The lowest BCUT2D eigenvalue weighted by Gasteiger charge is -2.23. The predicted octanol–water partition coefficient (Wildman–Crippen LogP) is 9.47. The first-order valence-electron chi connectivity index (χ1n) is 11.3. The molecule has 0 radical (unpaired) electrons. The van der Waals surface area contributed by atoms with Gasteiger partial charge in [-0.2, -0.15) is 0 Å². The van der Waals surface area contributed by atoms with Gasteiger partial charge in [-0.1, -0.05) is 90.4 Å². The molecule has 0 N–H and O–H groups in total. The Morgan fingerprint density at radius 3 is 2.39 bits per heavy atom. The van der Waals surface area contributed by atoms with E-state index in [9.17, 15) is 0 Å². The Balaban J connectivity index is 1.54. The molecule has 1 aliphatic carbocycles. The maximum absolute atomic E-state index is 6.19. The average molecular weight is 489 g/mol. The van der Waals surface area contributed by atoms with Crippen LogP contribution in [-0.2, 0) is 5.41 Å². The van der Waals surface area contributed by atoms with Crippen molar-refractivity contribution in [1.29, 1.82) is 0 Å². The molecule has 0 aliphatic heterocycles. The van der Waals surface area contributed by atoms with Crippen LogP contribution in [0.15, 0.2) is 99.9 Å². The van der Waals surface area contributed by atoms with Crippen LogP contribution in [0.1, 0.15) is 25.0 Å². The van der Waals surface area contributed by atoms with E-state index in [1.807, 2.05) is 12.1 Å². The molecule has 5 aromatic carbocycles. The number of hydrogen-bond acceptors (Lipinski definition) is 1. The molecule has 0 spiro atoms. The van der Waals surface area contributed by atoms with Gasteiger partial charge in [0.2, 0.25) is 0 Å². The summed E-state index contributed by atoms with van der Waals surface area (Å²) in [4.78, 5) is 0. The summed E-state index contributed by atoms with van der Waals surface area (Å²) in [6, 6.07) is 32.9. The second-order valence-corrected chi connectivity index (χ2v) is 10.4. The van der Waals surface area contributed by atoms with Crippen molar-refractivity contribution in [2.24, 2.45) is 0 Å². The summed E-state index contributed by atoms with van der Waals surface area (Å²) in [6.45, 7) is 4.71. The maximum Gasteiger partial charge on any atom is 0.136 e. The minimum Gasteiger partial charge on any atom is -0.456 e. The molecule has 6 aromatic rings. The largest absolute Gasteiger partial charge is 0.456 e. The first-order chi connectivity index (χ1) is 16.0. The van der Waals surface area contributed by atoms with Gasteiger partial charge in [0.05, 0.1) is 0 Å². The molecule has 1 aliphatic rings. The van der Waals surface area contributed by atoms with Crippen molar-refractivity contribution in [3.8, 4) is 22.3 Å². The molecule has 0 bridgehead atoms. The number of fused-ring (bicyclic) bond motifs is 8. The summed E-state index contributed by atoms with van der Waals surface area (Å²) in [6.07, 6.45) is 0. The van der Waals surface area contributed by atoms with Crippen LogP contribution in [0.2, 0.25) is 0 Å². The first kappa shape index (κ1) is 19.1. The highest BCUT2D eigenvalue weighted by Gasteiger charge is 2.36. The standard InChI is InChI=1S/C31H21BrO/c1-31(2)26-8-4-3-6-22(26)23-14-12-18-10-11-19(16-24(18)30(23)31)21-7-5-9-28-29(21)25-17-20(32)13-15-27(25)33-28/h3-17H,1-2H3. The van der Waals surface area contributed by atoms with Gasteiger partial charge >= 0.3 is 0 Å². The van der Waals surface area contributed by atoms with Gasteiger partial charge in [0.1, 0.15) is 11.2 Å². The average Bonchev–Trinajstić information content (AvgIpc) is 3.31. The molecule has 0 saturated heterocycles. The first-order valence-corrected chi connectivity index (χ1v) is 12.1.